The van der Waals surface area contributed by atoms with Gasteiger partial charge in [-0.15, -0.1) is 0 Å². The molecule has 2 fully saturated rings. The predicted molar refractivity (Wildman–Crippen MR) is 49.2 cm³/mol. The maximum Gasteiger partial charge on any atom is 0.0690 e. The summed E-state index contributed by atoms with van der Waals surface area (Å²) in [5.41, 5.74) is 0.0678. The molecule has 2 rings (SSSR count). The van der Waals surface area contributed by atoms with Gasteiger partial charge in [0.1, 0.15) is 0 Å². The van der Waals surface area contributed by atoms with E-state index in [-0.39, 0.29) is 5.41 Å². The van der Waals surface area contributed by atoms with Crippen LogP contribution in [0.25, 0.3) is 0 Å². The Labute approximate surface area is 79.3 Å². The van der Waals surface area contributed by atoms with Crippen LogP contribution in [-0.2, 0) is 4.74 Å². The highest BCUT2D eigenvalue weighted by Gasteiger charge is 2.42. The van der Waals surface area contributed by atoms with Gasteiger partial charge in [-0.1, -0.05) is 0 Å². The molecule has 0 atom stereocenters. The first kappa shape index (κ1) is 8.98. The summed E-state index contributed by atoms with van der Waals surface area (Å²) < 4.78 is 5.27. The number of hydrogen-bond donors (Lipinski definition) is 0. The lowest BCUT2D eigenvalue weighted by Gasteiger charge is -2.27. The highest BCUT2D eigenvalue weighted by atomic mass is 16.5. The van der Waals surface area contributed by atoms with Gasteiger partial charge in [-0.3, -0.25) is 4.90 Å². The molecule has 3 nitrogen and oxygen atoms in total. The van der Waals surface area contributed by atoms with Crippen molar-refractivity contribution in [1.82, 2.24) is 4.90 Å². The first-order chi connectivity index (χ1) is 6.35. The van der Waals surface area contributed by atoms with Gasteiger partial charge in [-0.05, 0) is 25.8 Å². The van der Waals surface area contributed by atoms with E-state index in [2.05, 4.69) is 11.0 Å². The fraction of sp³-hybridized carbons (Fsp3) is 0.900. The van der Waals surface area contributed by atoms with Crippen LogP contribution in [0.15, 0.2) is 0 Å². The van der Waals surface area contributed by atoms with Crippen molar-refractivity contribution in [1.29, 1.82) is 5.26 Å². The van der Waals surface area contributed by atoms with E-state index in [1.54, 1.807) is 0 Å². The summed E-state index contributed by atoms with van der Waals surface area (Å²) in [4.78, 5) is 2.40. The summed E-state index contributed by atoms with van der Waals surface area (Å²) in [5, 5.41) is 8.89. The largest absolute Gasteiger partial charge is 0.379 e. The van der Waals surface area contributed by atoms with Crippen molar-refractivity contribution in [3.05, 3.63) is 0 Å². The van der Waals surface area contributed by atoms with Gasteiger partial charge < -0.3 is 4.74 Å². The van der Waals surface area contributed by atoms with Crippen molar-refractivity contribution in [2.45, 2.75) is 19.3 Å². The number of nitriles is 1. The van der Waals surface area contributed by atoms with E-state index >= 15 is 0 Å². The second kappa shape index (κ2) is 3.65. The topological polar surface area (TPSA) is 36.3 Å². The molecule has 0 unspecified atom stereocenters. The minimum absolute atomic E-state index is 0.0678. The molecular weight excluding hydrogens is 164 g/mol. The van der Waals surface area contributed by atoms with Gasteiger partial charge in [0, 0.05) is 13.1 Å². The number of rotatable bonds is 3. The van der Waals surface area contributed by atoms with Gasteiger partial charge in [-0.2, -0.15) is 5.26 Å². The Morgan fingerprint density at radius 2 is 2.00 bits per heavy atom. The summed E-state index contributed by atoms with van der Waals surface area (Å²) in [7, 11) is 0. The van der Waals surface area contributed by atoms with E-state index in [1.165, 1.54) is 0 Å². The van der Waals surface area contributed by atoms with Crippen molar-refractivity contribution in [2.75, 3.05) is 32.8 Å². The Bertz CT molecular complexity index is 211. The Morgan fingerprint density at radius 1 is 1.31 bits per heavy atom. The van der Waals surface area contributed by atoms with Crippen LogP contribution in [0.3, 0.4) is 0 Å². The van der Waals surface area contributed by atoms with Crippen molar-refractivity contribution in [3.8, 4) is 6.07 Å². The quantitative estimate of drug-likeness (QED) is 0.650. The fourth-order valence-corrected chi connectivity index (χ4v) is 1.77. The van der Waals surface area contributed by atoms with Gasteiger partial charge >= 0.3 is 0 Å². The van der Waals surface area contributed by atoms with Crippen molar-refractivity contribution in [3.63, 3.8) is 0 Å². The Hall–Kier alpha value is -0.590. The van der Waals surface area contributed by atoms with Gasteiger partial charge in [0.15, 0.2) is 0 Å². The molecule has 1 aliphatic carbocycles. The highest BCUT2D eigenvalue weighted by molar-refractivity contribution is 5.09. The first-order valence-corrected chi connectivity index (χ1v) is 5.06. The van der Waals surface area contributed by atoms with Crippen LogP contribution in [0, 0.1) is 16.7 Å². The van der Waals surface area contributed by atoms with Crippen LogP contribution in [-0.4, -0.2) is 37.7 Å². The van der Waals surface area contributed by atoms with Crippen molar-refractivity contribution >= 4 is 0 Å². The van der Waals surface area contributed by atoms with Gasteiger partial charge in [0.25, 0.3) is 0 Å². The number of morpholine rings is 1. The fourth-order valence-electron chi connectivity index (χ4n) is 1.77. The highest BCUT2D eigenvalue weighted by Crippen LogP contribution is 2.48. The number of ether oxygens (including phenoxy) is 1. The predicted octanol–water partition coefficient (Wildman–Crippen LogP) is 1.01. The average Bonchev–Trinajstić information content (AvgIpc) is 2.97. The van der Waals surface area contributed by atoms with Gasteiger partial charge in [-0.25, -0.2) is 0 Å². The monoisotopic (exact) mass is 180 g/mol. The molecule has 0 radical (unpaired) electrons. The number of nitrogens with zero attached hydrogens (tertiary/aromatic N) is 2. The summed E-state index contributed by atoms with van der Waals surface area (Å²) in [6.07, 6.45) is 3.30. The molecule has 1 saturated heterocycles. The second-order valence-corrected chi connectivity index (χ2v) is 4.10. The molecule has 1 heterocycles. The minimum Gasteiger partial charge on any atom is -0.379 e. The molecule has 2 aliphatic rings. The van der Waals surface area contributed by atoms with Crippen molar-refractivity contribution < 1.29 is 4.74 Å². The maximum absolute atomic E-state index is 8.89. The van der Waals surface area contributed by atoms with Crippen LogP contribution in [0.4, 0.5) is 0 Å². The summed E-state index contributed by atoms with van der Waals surface area (Å²) in [5.74, 6) is 0. The van der Waals surface area contributed by atoms with Crippen LogP contribution in [0.2, 0.25) is 0 Å². The molecule has 0 spiro atoms. The lowest BCUT2D eigenvalue weighted by molar-refractivity contribution is 0.0358. The molecule has 0 N–H and O–H groups in total. The van der Waals surface area contributed by atoms with E-state index in [4.69, 9.17) is 10.00 Å². The zero-order valence-electron chi connectivity index (χ0n) is 7.96. The Kier molecular flexibility index (Phi) is 2.52. The lowest BCUT2D eigenvalue weighted by Crippen LogP contribution is -2.37. The molecule has 0 aromatic rings. The summed E-state index contributed by atoms with van der Waals surface area (Å²) in [6, 6.07) is 2.43. The molecule has 3 heteroatoms. The van der Waals surface area contributed by atoms with Crippen LogP contribution >= 0.6 is 0 Å². The molecule has 1 aliphatic heterocycles. The van der Waals surface area contributed by atoms with Gasteiger partial charge in [0.05, 0.1) is 24.7 Å². The van der Waals surface area contributed by atoms with E-state index in [0.29, 0.717) is 0 Å². The smallest absolute Gasteiger partial charge is 0.0690 e. The molecule has 0 aromatic carbocycles. The first-order valence-electron chi connectivity index (χ1n) is 5.06. The third kappa shape index (κ3) is 2.20. The lowest BCUT2D eigenvalue weighted by atomic mass is 10.0. The molecule has 1 saturated carbocycles. The SMILES string of the molecule is N#CC1(CCN2CCOCC2)CC1. The zero-order valence-corrected chi connectivity index (χ0v) is 7.96. The minimum atomic E-state index is 0.0678. The van der Waals surface area contributed by atoms with Crippen molar-refractivity contribution in [2.24, 2.45) is 5.41 Å². The molecule has 0 aromatic heterocycles. The molecule has 0 bridgehead atoms. The van der Waals surface area contributed by atoms with Crippen LogP contribution < -0.4 is 0 Å². The van der Waals surface area contributed by atoms with E-state index < -0.39 is 0 Å². The third-order valence-electron chi connectivity index (χ3n) is 3.10. The summed E-state index contributed by atoms with van der Waals surface area (Å²) in [6.45, 7) is 4.89. The maximum atomic E-state index is 8.89. The van der Waals surface area contributed by atoms with Crippen LogP contribution in [0.5, 0.6) is 0 Å². The van der Waals surface area contributed by atoms with Gasteiger partial charge in [0.2, 0.25) is 0 Å². The molecule has 0 amide bonds. The zero-order chi connectivity index (χ0) is 9.15. The second-order valence-electron chi connectivity index (χ2n) is 4.10. The average molecular weight is 180 g/mol. The Balaban J connectivity index is 1.70. The third-order valence-corrected chi connectivity index (χ3v) is 3.10. The molecule has 72 valence electrons. The van der Waals surface area contributed by atoms with E-state index in [0.717, 1.165) is 52.1 Å². The summed E-state index contributed by atoms with van der Waals surface area (Å²) >= 11 is 0. The van der Waals surface area contributed by atoms with E-state index in [9.17, 15) is 0 Å². The standard InChI is InChI=1S/C10H16N2O/c11-9-10(1-2-10)3-4-12-5-7-13-8-6-12/h1-8H2. The molecule has 13 heavy (non-hydrogen) atoms. The van der Waals surface area contributed by atoms with Crippen LogP contribution in [0.1, 0.15) is 19.3 Å². The van der Waals surface area contributed by atoms with E-state index in [1.807, 2.05) is 0 Å². The Morgan fingerprint density at radius 3 is 2.54 bits per heavy atom. The normalized spacial score (nSPS) is 26.7. The number of hydrogen-bond acceptors (Lipinski definition) is 3. The molecular formula is C10H16N2O.